The molecule has 0 aliphatic heterocycles. The van der Waals surface area contributed by atoms with Crippen LogP contribution in [-0.4, -0.2) is 13.3 Å². The Bertz CT molecular complexity index is 525. The van der Waals surface area contributed by atoms with E-state index in [-0.39, 0.29) is 0 Å². The van der Waals surface area contributed by atoms with Gasteiger partial charge in [0.1, 0.15) is 0 Å². The molecule has 2 aromatic rings. The fourth-order valence-corrected chi connectivity index (χ4v) is 2.98. The molecule has 0 bridgehead atoms. The molecule has 0 radical (unpaired) electrons. The van der Waals surface area contributed by atoms with E-state index in [0.29, 0.717) is 6.04 Å². The summed E-state index contributed by atoms with van der Waals surface area (Å²) in [7, 11) is 2.02. The average Bonchev–Trinajstić information content (AvgIpc) is 2.45. The minimum Gasteiger partial charge on any atom is -0.313 e. The number of thioether (sulfide) groups is 1. The lowest BCUT2D eigenvalue weighted by atomic mass is 9.99. The third-order valence-corrected chi connectivity index (χ3v) is 4.43. The van der Waals surface area contributed by atoms with Crippen LogP contribution in [-0.2, 0) is 6.42 Å². The van der Waals surface area contributed by atoms with E-state index in [1.807, 2.05) is 7.05 Å². The Morgan fingerprint density at radius 1 is 1.16 bits per heavy atom. The number of hydrogen-bond donors (Lipinski definition) is 1. The van der Waals surface area contributed by atoms with Crippen LogP contribution in [0, 0.1) is 0 Å². The molecule has 0 heterocycles. The van der Waals surface area contributed by atoms with Gasteiger partial charge in [0.25, 0.3) is 0 Å². The Balaban J connectivity index is 2.15. The van der Waals surface area contributed by atoms with Crippen molar-refractivity contribution in [3.05, 3.63) is 64.1 Å². The molecule has 1 nitrogen and oxygen atoms in total. The van der Waals surface area contributed by atoms with Gasteiger partial charge in [0.15, 0.2) is 0 Å². The summed E-state index contributed by atoms with van der Waals surface area (Å²) in [5, 5.41) is 3.40. The lowest BCUT2D eigenvalue weighted by molar-refractivity contribution is 0.591. The maximum absolute atomic E-state index is 3.53. The number of benzene rings is 2. The number of halogens is 1. The first-order chi connectivity index (χ1) is 9.22. The second-order valence-corrected chi connectivity index (χ2v) is 6.24. The molecule has 0 saturated heterocycles. The zero-order valence-electron chi connectivity index (χ0n) is 11.2. The van der Waals surface area contributed by atoms with Crippen LogP contribution in [0.5, 0.6) is 0 Å². The molecule has 0 aliphatic rings. The van der Waals surface area contributed by atoms with Crippen molar-refractivity contribution in [1.29, 1.82) is 0 Å². The highest BCUT2D eigenvalue weighted by molar-refractivity contribution is 9.10. The number of hydrogen-bond acceptors (Lipinski definition) is 2. The van der Waals surface area contributed by atoms with Crippen LogP contribution in [0.4, 0.5) is 0 Å². The quantitative estimate of drug-likeness (QED) is 0.796. The molecule has 100 valence electrons. The zero-order valence-corrected chi connectivity index (χ0v) is 13.6. The van der Waals surface area contributed by atoms with Crippen molar-refractivity contribution < 1.29 is 0 Å². The molecule has 2 aromatic carbocycles. The van der Waals surface area contributed by atoms with Gasteiger partial charge in [-0.05, 0) is 55.1 Å². The molecular weight excluding hydrogens is 318 g/mol. The maximum Gasteiger partial charge on any atom is 0.0358 e. The molecule has 3 heteroatoms. The normalized spacial score (nSPS) is 12.4. The van der Waals surface area contributed by atoms with E-state index in [0.717, 1.165) is 10.9 Å². The average molecular weight is 336 g/mol. The topological polar surface area (TPSA) is 12.0 Å². The molecule has 1 atom stereocenters. The van der Waals surface area contributed by atoms with E-state index < -0.39 is 0 Å². The smallest absolute Gasteiger partial charge is 0.0358 e. The Labute approximate surface area is 127 Å². The largest absolute Gasteiger partial charge is 0.313 e. The molecule has 19 heavy (non-hydrogen) atoms. The third kappa shape index (κ3) is 4.10. The second-order valence-electron chi connectivity index (χ2n) is 4.45. The predicted octanol–water partition coefficient (Wildman–Crippen LogP) is 4.67. The van der Waals surface area contributed by atoms with Crippen molar-refractivity contribution in [2.24, 2.45) is 0 Å². The third-order valence-electron chi connectivity index (χ3n) is 3.20. The van der Waals surface area contributed by atoms with E-state index in [4.69, 9.17) is 0 Å². The van der Waals surface area contributed by atoms with Gasteiger partial charge in [-0.25, -0.2) is 0 Å². The van der Waals surface area contributed by atoms with Crippen molar-refractivity contribution in [2.45, 2.75) is 17.4 Å². The summed E-state index contributed by atoms with van der Waals surface area (Å²) < 4.78 is 1.14. The zero-order chi connectivity index (χ0) is 13.7. The van der Waals surface area contributed by atoms with Gasteiger partial charge in [0, 0.05) is 15.4 Å². The van der Waals surface area contributed by atoms with Gasteiger partial charge in [-0.3, -0.25) is 0 Å². The molecule has 2 rings (SSSR count). The summed E-state index contributed by atoms with van der Waals surface area (Å²) in [4.78, 5) is 1.31. The monoisotopic (exact) mass is 335 g/mol. The SMILES string of the molecule is CNC(Cc1cccc(Br)c1)c1ccc(SC)cc1. The van der Waals surface area contributed by atoms with Gasteiger partial charge in [-0.2, -0.15) is 0 Å². The van der Waals surface area contributed by atoms with Gasteiger partial charge < -0.3 is 5.32 Å². The van der Waals surface area contributed by atoms with Crippen molar-refractivity contribution >= 4 is 27.7 Å². The first-order valence-electron chi connectivity index (χ1n) is 6.28. The molecule has 0 spiro atoms. The van der Waals surface area contributed by atoms with Gasteiger partial charge in [0.2, 0.25) is 0 Å². The predicted molar refractivity (Wildman–Crippen MR) is 87.9 cm³/mol. The fourth-order valence-electron chi connectivity index (χ4n) is 2.12. The minimum atomic E-state index is 0.352. The molecule has 0 aromatic heterocycles. The van der Waals surface area contributed by atoms with Crippen molar-refractivity contribution in [3.63, 3.8) is 0 Å². The van der Waals surface area contributed by atoms with E-state index >= 15 is 0 Å². The summed E-state index contributed by atoms with van der Waals surface area (Å²) in [6, 6.07) is 17.7. The van der Waals surface area contributed by atoms with E-state index in [1.165, 1.54) is 16.0 Å². The minimum absolute atomic E-state index is 0.352. The van der Waals surface area contributed by atoms with Gasteiger partial charge in [-0.1, -0.05) is 40.2 Å². The van der Waals surface area contributed by atoms with Crippen LogP contribution < -0.4 is 5.32 Å². The van der Waals surface area contributed by atoms with Crippen LogP contribution in [0.3, 0.4) is 0 Å². The lowest BCUT2D eigenvalue weighted by Gasteiger charge is -2.17. The van der Waals surface area contributed by atoms with Crippen molar-refractivity contribution in [1.82, 2.24) is 5.32 Å². The number of nitrogens with one attached hydrogen (secondary N) is 1. The summed E-state index contributed by atoms with van der Waals surface area (Å²) in [6.07, 6.45) is 3.10. The first-order valence-corrected chi connectivity index (χ1v) is 8.30. The van der Waals surface area contributed by atoms with E-state index in [1.54, 1.807) is 11.8 Å². The molecular formula is C16H18BrNS. The summed E-state index contributed by atoms with van der Waals surface area (Å²) in [5.74, 6) is 0. The highest BCUT2D eigenvalue weighted by Crippen LogP contribution is 2.23. The first kappa shape index (κ1) is 14.6. The van der Waals surface area contributed by atoms with Crippen LogP contribution >= 0.6 is 27.7 Å². The number of likely N-dealkylation sites (N-methyl/N-ethyl adjacent to an activating group) is 1. The molecule has 0 fully saturated rings. The van der Waals surface area contributed by atoms with Gasteiger partial charge in [0.05, 0.1) is 0 Å². The second kappa shape index (κ2) is 7.13. The Morgan fingerprint density at radius 2 is 1.89 bits per heavy atom. The summed E-state index contributed by atoms with van der Waals surface area (Å²) in [6.45, 7) is 0. The van der Waals surface area contributed by atoms with Crippen LogP contribution in [0.15, 0.2) is 57.9 Å². The summed E-state index contributed by atoms with van der Waals surface area (Å²) >= 11 is 5.30. The Kier molecular flexibility index (Phi) is 5.49. The maximum atomic E-state index is 3.53. The molecule has 1 unspecified atom stereocenters. The van der Waals surface area contributed by atoms with Crippen LogP contribution in [0.1, 0.15) is 17.2 Å². The number of rotatable bonds is 5. The van der Waals surface area contributed by atoms with Crippen LogP contribution in [0.25, 0.3) is 0 Å². The molecule has 0 amide bonds. The van der Waals surface area contributed by atoms with Gasteiger partial charge in [-0.15, -0.1) is 11.8 Å². The highest BCUT2D eigenvalue weighted by Gasteiger charge is 2.10. The van der Waals surface area contributed by atoms with Crippen molar-refractivity contribution in [2.75, 3.05) is 13.3 Å². The van der Waals surface area contributed by atoms with Gasteiger partial charge >= 0.3 is 0 Å². The van der Waals surface area contributed by atoms with E-state index in [9.17, 15) is 0 Å². The standard InChI is InChI=1S/C16H18BrNS/c1-18-16(11-12-4-3-5-14(17)10-12)13-6-8-15(19-2)9-7-13/h3-10,16,18H,11H2,1-2H3. The molecule has 1 N–H and O–H groups in total. The van der Waals surface area contributed by atoms with E-state index in [2.05, 4.69) is 76.0 Å². The highest BCUT2D eigenvalue weighted by atomic mass is 79.9. The summed E-state index contributed by atoms with van der Waals surface area (Å²) in [5.41, 5.74) is 2.67. The molecule has 0 saturated carbocycles. The van der Waals surface area contributed by atoms with Crippen molar-refractivity contribution in [3.8, 4) is 0 Å². The fraction of sp³-hybridized carbons (Fsp3) is 0.250. The molecule has 0 aliphatic carbocycles. The van der Waals surface area contributed by atoms with Crippen LogP contribution in [0.2, 0.25) is 0 Å². The Hall–Kier alpha value is -0.770. The Morgan fingerprint density at radius 3 is 2.47 bits per heavy atom. The lowest BCUT2D eigenvalue weighted by Crippen LogP contribution is -2.18.